The Kier molecular flexibility index (Phi) is 4.17. The van der Waals surface area contributed by atoms with Gasteiger partial charge in [0.2, 0.25) is 0 Å². The lowest BCUT2D eigenvalue weighted by Gasteiger charge is -2.60. The molecule has 4 aliphatic carbocycles. The Labute approximate surface area is 164 Å². The van der Waals surface area contributed by atoms with Gasteiger partial charge < -0.3 is 9.52 Å². The number of aliphatic hydroxyl groups excluding tert-OH is 1. The van der Waals surface area contributed by atoms with Crippen LogP contribution in [0, 0.1) is 41.4 Å². The highest BCUT2D eigenvalue weighted by Gasteiger charge is 2.60. The van der Waals surface area contributed by atoms with Crippen LogP contribution >= 0.6 is 0 Å². The summed E-state index contributed by atoms with van der Waals surface area (Å²) in [7, 11) is 0. The number of hydrogen-bond acceptors (Lipinski definition) is 2. The van der Waals surface area contributed by atoms with Crippen LogP contribution in [0.4, 0.5) is 0 Å². The van der Waals surface area contributed by atoms with E-state index in [1.165, 1.54) is 56.9 Å². The van der Waals surface area contributed by atoms with Gasteiger partial charge in [0.05, 0.1) is 6.10 Å². The van der Waals surface area contributed by atoms with Crippen LogP contribution in [0.5, 0.6) is 0 Å². The molecule has 0 spiro atoms. The fourth-order valence-electron chi connectivity index (χ4n) is 8.01. The first-order valence-electron chi connectivity index (χ1n) is 11.4. The van der Waals surface area contributed by atoms with Crippen molar-refractivity contribution in [3.63, 3.8) is 0 Å². The molecule has 2 nitrogen and oxygen atoms in total. The molecule has 0 aliphatic heterocycles. The molecule has 0 aromatic carbocycles. The lowest BCUT2D eigenvalue weighted by molar-refractivity contribution is -0.119. The van der Waals surface area contributed by atoms with Crippen LogP contribution in [-0.4, -0.2) is 11.2 Å². The molecular weight excluding hydrogens is 332 g/mol. The molecule has 5 rings (SSSR count). The quantitative estimate of drug-likeness (QED) is 0.624. The molecule has 1 heterocycles. The molecule has 0 amide bonds. The summed E-state index contributed by atoms with van der Waals surface area (Å²) in [6.07, 6.45) is 14.0. The number of hydrogen-bond donors (Lipinski definition) is 1. The van der Waals surface area contributed by atoms with Crippen LogP contribution < -0.4 is 0 Å². The molecule has 4 aliphatic rings. The van der Waals surface area contributed by atoms with Crippen molar-refractivity contribution >= 4 is 6.08 Å². The van der Waals surface area contributed by atoms with Gasteiger partial charge >= 0.3 is 0 Å². The fraction of sp³-hybridized carbons (Fsp3) is 0.760. The van der Waals surface area contributed by atoms with Gasteiger partial charge in [-0.05, 0) is 105 Å². The second kappa shape index (κ2) is 6.24. The van der Waals surface area contributed by atoms with Gasteiger partial charge in [0.25, 0.3) is 0 Å². The first kappa shape index (κ1) is 18.0. The maximum Gasteiger partial charge on any atom is 0.127 e. The second-order valence-corrected chi connectivity index (χ2v) is 10.7. The third-order valence-corrected chi connectivity index (χ3v) is 9.54. The highest BCUT2D eigenvalue weighted by atomic mass is 16.3. The van der Waals surface area contributed by atoms with Gasteiger partial charge in [-0.15, -0.1) is 0 Å². The van der Waals surface area contributed by atoms with Crippen molar-refractivity contribution in [3.8, 4) is 0 Å². The normalized spacial score (nSPS) is 48.1. The summed E-state index contributed by atoms with van der Waals surface area (Å²) in [5, 5.41) is 11.3. The van der Waals surface area contributed by atoms with Crippen molar-refractivity contribution in [2.45, 2.75) is 84.7 Å². The van der Waals surface area contributed by atoms with Crippen molar-refractivity contribution in [1.29, 1.82) is 0 Å². The summed E-state index contributed by atoms with van der Waals surface area (Å²) in [6, 6.07) is 4.06. The van der Waals surface area contributed by atoms with Gasteiger partial charge in [-0.3, -0.25) is 0 Å². The molecule has 7 atom stereocenters. The van der Waals surface area contributed by atoms with Crippen LogP contribution in [0.3, 0.4) is 0 Å². The van der Waals surface area contributed by atoms with Crippen molar-refractivity contribution in [3.05, 3.63) is 29.2 Å². The van der Waals surface area contributed by atoms with E-state index in [0.717, 1.165) is 35.7 Å². The average Bonchev–Trinajstić information content (AvgIpc) is 3.16. The minimum atomic E-state index is -0.300. The second-order valence-electron chi connectivity index (χ2n) is 10.7. The third kappa shape index (κ3) is 2.62. The smallest absolute Gasteiger partial charge is 0.127 e. The number of furan rings is 1. The predicted octanol–water partition coefficient (Wildman–Crippen LogP) is 6.38. The highest BCUT2D eigenvalue weighted by molar-refractivity contribution is 5.51. The van der Waals surface area contributed by atoms with Crippen LogP contribution in [0.15, 0.2) is 22.1 Å². The molecule has 2 heteroatoms. The van der Waals surface area contributed by atoms with E-state index >= 15 is 0 Å². The molecular formula is C25H36O2. The predicted molar refractivity (Wildman–Crippen MR) is 109 cm³/mol. The summed E-state index contributed by atoms with van der Waals surface area (Å²) in [5.74, 6) is 5.15. The molecule has 0 radical (unpaired) electrons. The lowest BCUT2D eigenvalue weighted by atomic mass is 9.45. The Morgan fingerprint density at radius 3 is 2.63 bits per heavy atom. The van der Waals surface area contributed by atoms with Gasteiger partial charge in [-0.25, -0.2) is 0 Å². The molecule has 1 aromatic heterocycles. The minimum absolute atomic E-state index is 0.0620. The van der Waals surface area contributed by atoms with Crippen molar-refractivity contribution in [2.75, 3.05) is 0 Å². The summed E-state index contributed by atoms with van der Waals surface area (Å²) < 4.78 is 5.79. The first-order chi connectivity index (χ1) is 12.9. The van der Waals surface area contributed by atoms with E-state index in [9.17, 15) is 5.11 Å². The molecule has 1 N–H and O–H groups in total. The molecule has 4 fully saturated rings. The van der Waals surface area contributed by atoms with E-state index in [-0.39, 0.29) is 11.5 Å². The Bertz CT molecular complexity index is 745. The molecule has 148 valence electrons. The summed E-state index contributed by atoms with van der Waals surface area (Å²) in [6.45, 7) is 6.99. The van der Waals surface area contributed by atoms with Gasteiger partial charge in [-0.1, -0.05) is 26.7 Å². The largest absolute Gasteiger partial charge is 0.462 e. The van der Waals surface area contributed by atoms with E-state index < -0.39 is 0 Å². The Morgan fingerprint density at radius 2 is 1.85 bits per heavy atom. The SMILES string of the molecule is Cc1ccc(C=C2CC3C4CCC5CCCCC5(C)C4CCC3(C)C2O)o1. The minimum Gasteiger partial charge on any atom is -0.462 e. The van der Waals surface area contributed by atoms with Crippen molar-refractivity contribution < 1.29 is 9.52 Å². The van der Waals surface area contributed by atoms with Crippen LogP contribution in [0.2, 0.25) is 0 Å². The average molecular weight is 369 g/mol. The number of fused-ring (bicyclic) bond motifs is 5. The molecule has 0 saturated heterocycles. The maximum absolute atomic E-state index is 11.3. The molecule has 1 aromatic rings. The zero-order valence-electron chi connectivity index (χ0n) is 17.3. The Morgan fingerprint density at radius 1 is 1.00 bits per heavy atom. The lowest BCUT2D eigenvalue weighted by Crippen LogP contribution is -2.53. The zero-order valence-corrected chi connectivity index (χ0v) is 17.3. The van der Waals surface area contributed by atoms with Crippen LogP contribution in [0.1, 0.15) is 83.2 Å². The highest BCUT2D eigenvalue weighted by Crippen LogP contribution is 2.67. The number of rotatable bonds is 1. The van der Waals surface area contributed by atoms with E-state index in [2.05, 4.69) is 19.9 Å². The fourth-order valence-corrected chi connectivity index (χ4v) is 8.01. The zero-order chi connectivity index (χ0) is 18.8. The van der Waals surface area contributed by atoms with Crippen molar-refractivity contribution in [1.82, 2.24) is 0 Å². The van der Waals surface area contributed by atoms with Gasteiger partial charge in [0.1, 0.15) is 11.5 Å². The molecule has 4 saturated carbocycles. The Balaban J connectivity index is 1.45. The summed E-state index contributed by atoms with van der Waals surface area (Å²) >= 11 is 0. The topological polar surface area (TPSA) is 33.4 Å². The van der Waals surface area contributed by atoms with E-state index in [4.69, 9.17) is 4.42 Å². The summed E-state index contributed by atoms with van der Waals surface area (Å²) in [4.78, 5) is 0. The third-order valence-electron chi connectivity index (χ3n) is 9.54. The van der Waals surface area contributed by atoms with E-state index in [1.807, 2.05) is 19.1 Å². The number of aryl methyl sites for hydroxylation is 1. The number of aliphatic hydroxyl groups is 1. The van der Waals surface area contributed by atoms with Gasteiger partial charge in [0, 0.05) is 5.41 Å². The summed E-state index contributed by atoms with van der Waals surface area (Å²) in [5.41, 5.74) is 1.85. The van der Waals surface area contributed by atoms with Gasteiger partial charge in [-0.2, -0.15) is 0 Å². The van der Waals surface area contributed by atoms with E-state index in [0.29, 0.717) is 11.3 Å². The molecule has 0 bridgehead atoms. The standard InChI is InChI=1S/C25H36O2/c1-16-7-9-19(27-16)14-17-15-22-20-10-8-18-6-4-5-12-24(18,2)21(20)11-13-25(22,3)23(17)26/h7,9,14,18,20-23,26H,4-6,8,10-13,15H2,1-3H3. The Hall–Kier alpha value is -1.02. The van der Waals surface area contributed by atoms with Gasteiger partial charge in [0.15, 0.2) is 0 Å². The maximum atomic E-state index is 11.3. The first-order valence-corrected chi connectivity index (χ1v) is 11.4. The molecule has 27 heavy (non-hydrogen) atoms. The van der Waals surface area contributed by atoms with Crippen LogP contribution in [0.25, 0.3) is 6.08 Å². The van der Waals surface area contributed by atoms with Crippen molar-refractivity contribution in [2.24, 2.45) is 34.5 Å². The van der Waals surface area contributed by atoms with Crippen LogP contribution in [-0.2, 0) is 0 Å². The van der Waals surface area contributed by atoms with E-state index in [1.54, 1.807) is 0 Å². The molecule has 7 unspecified atom stereocenters. The monoisotopic (exact) mass is 368 g/mol.